The third kappa shape index (κ3) is 4.11. The summed E-state index contributed by atoms with van der Waals surface area (Å²) in [6.45, 7) is 1.18. The number of nitrogens with one attached hydrogen (secondary N) is 1. The SMILES string of the molecule is NC(=O)C1CCN(C(=O)Cc2csc(Nc3ccccc3)n2)CC1. The molecule has 0 aliphatic carbocycles. The molecule has 7 heteroatoms. The maximum absolute atomic E-state index is 12.4. The minimum absolute atomic E-state index is 0.0504. The highest BCUT2D eigenvalue weighted by Crippen LogP contribution is 2.22. The number of rotatable bonds is 5. The number of piperidine rings is 1. The van der Waals surface area contributed by atoms with Crippen LogP contribution < -0.4 is 11.1 Å². The lowest BCUT2D eigenvalue weighted by atomic mass is 9.96. The Bertz CT molecular complexity index is 708. The van der Waals surface area contributed by atoms with Crippen molar-refractivity contribution in [3.8, 4) is 0 Å². The van der Waals surface area contributed by atoms with Crippen LogP contribution in [0.2, 0.25) is 0 Å². The van der Waals surface area contributed by atoms with Crippen molar-refractivity contribution in [2.24, 2.45) is 11.7 Å². The molecule has 3 N–H and O–H groups in total. The number of hydrogen-bond acceptors (Lipinski definition) is 5. The average Bonchev–Trinajstić information content (AvgIpc) is 3.02. The number of carbonyl (C=O) groups is 2. The lowest BCUT2D eigenvalue weighted by molar-refractivity contribution is -0.134. The number of aromatic nitrogens is 1. The number of benzene rings is 1. The number of nitrogens with two attached hydrogens (primary N) is 1. The quantitative estimate of drug-likeness (QED) is 0.870. The summed E-state index contributed by atoms with van der Waals surface area (Å²) in [4.78, 5) is 29.8. The molecule has 0 unspecified atom stereocenters. The molecule has 126 valence electrons. The second kappa shape index (κ2) is 7.44. The zero-order valence-corrected chi connectivity index (χ0v) is 14.1. The third-order valence-corrected chi connectivity index (χ3v) is 4.97. The van der Waals surface area contributed by atoms with Gasteiger partial charge in [-0.05, 0) is 25.0 Å². The van der Waals surface area contributed by atoms with Crippen molar-refractivity contribution in [2.45, 2.75) is 19.3 Å². The van der Waals surface area contributed by atoms with Gasteiger partial charge in [0.25, 0.3) is 0 Å². The number of carbonyl (C=O) groups excluding carboxylic acids is 2. The first-order valence-corrected chi connectivity index (χ1v) is 8.83. The first-order chi connectivity index (χ1) is 11.6. The van der Waals surface area contributed by atoms with Crippen LogP contribution in [-0.2, 0) is 16.0 Å². The van der Waals surface area contributed by atoms with E-state index in [9.17, 15) is 9.59 Å². The summed E-state index contributed by atoms with van der Waals surface area (Å²) in [6, 6.07) is 9.80. The topological polar surface area (TPSA) is 88.3 Å². The number of likely N-dealkylation sites (tertiary alicyclic amines) is 1. The van der Waals surface area contributed by atoms with E-state index in [0.29, 0.717) is 25.9 Å². The molecule has 0 spiro atoms. The first-order valence-electron chi connectivity index (χ1n) is 7.95. The van der Waals surface area contributed by atoms with Gasteiger partial charge in [-0.25, -0.2) is 4.98 Å². The molecule has 0 saturated carbocycles. The molecule has 2 aromatic rings. The van der Waals surface area contributed by atoms with Crippen molar-refractivity contribution in [1.82, 2.24) is 9.88 Å². The van der Waals surface area contributed by atoms with Crippen molar-refractivity contribution >= 4 is 34.0 Å². The summed E-state index contributed by atoms with van der Waals surface area (Å²) in [5.74, 6) is -0.317. The molecule has 0 radical (unpaired) electrons. The second-order valence-corrected chi connectivity index (χ2v) is 6.73. The number of para-hydroxylation sites is 1. The number of amides is 2. The first kappa shape index (κ1) is 16.4. The molecule has 1 fully saturated rings. The van der Waals surface area contributed by atoms with Gasteiger partial charge in [-0.15, -0.1) is 11.3 Å². The predicted molar refractivity (Wildman–Crippen MR) is 94.0 cm³/mol. The van der Waals surface area contributed by atoms with Crippen LogP contribution in [-0.4, -0.2) is 34.8 Å². The van der Waals surface area contributed by atoms with Gasteiger partial charge >= 0.3 is 0 Å². The third-order valence-electron chi connectivity index (χ3n) is 4.16. The van der Waals surface area contributed by atoms with E-state index in [1.165, 1.54) is 11.3 Å². The van der Waals surface area contributed by atoms with E-state index in [4.69, 9.17) is 5.73 Å². The van der Waals surface area contributed by atoms with Crippen LogP contribution in [0, 0.1) is 5.92 Å². The van der Waals surface area contributed by atoms with E-state index in [2.05, 4.69) is 10.3 Å². The Kier molecular flexibility index (Phi) is 5.10. The summed E-state index contributed by atoms with van der Waals surface area (Å²) >= 11 is 1.48. The van der Waals surface area contributed by atoms with Crippen LogP contribution in [0.25, 0.3) is 0 Å². The van der Waals surface area contributed by atoms with Crippen molar-refractivity contribution in [2.75, 3.05) is 18.4 Å². The van der Waals surface area contributed by atoms with Gasteiger partial charge in [0.1, 0.15) is 0 Å². The number of hydrogen-bond donors (Lipinski definition) is 2. The maximum atomic E-state index is 12.4. The lowest BCUT2D eigenvalue weighted by Crippen LogP contribution is -2.42. The summed E-state index contributed by atoms with van der Waals surface area (Å²) < 4.78 is 0. The Morgan fingerprint density at radius 3 is 2.62 bits per heavy atom. The fourth-order valence-corrected chi connectivity index (χ4v) is 3.50. The molecule has 1 aliphatic rings. The monoisotopic (exact) mass is 344 g/mol. The Balaban J connectivity index is 1.53. The van der Waals surface area contributed by atoms with E-state index in [-0.39, 0.29) is 24.2 Å². The van der Waals surface area contributed by atoms with Crippen molar-refractivity contribution in [3.63, 3.8) is 0 Å². The number of primary amides is 1. The van der Waals surface area contributed by atoms with Crippen molar-refractivity contribution < 1.29 is 9.59 Å². The summed E-state index contributed by atoms with van der Waals surface area (Å²) in [5, 5.41) is 5.90. The number of nitrogens with zero attached hydrogens (tertiary/aromatic N) is 2. The molecule has 3 rings (SSSR count). The van der Waals surface area contributed by atoms with Gasteiger partial charge in [0.05, 0.1) is 12.1 Å². The maximum Gasteiger partial charge on any atom is 0.228 e. The Hall–Kier alpha value is -2.41. The van der Waals surface area contributed by atoms with Gasteiger partial charge < -0.3 is 16.0 Å². The highest BCUT2D eigenvalue weighted by Gasteiger charge is 2.26. The van der Waals surface area contributed by atoms with Crippen LogP contribution in [0.5, 0.6) is 0 Å². The number of thiazole rings is 1. The molecule has 1 saturated heterocycles. The zero-order valence-electron chi connectivity index (χ0n) is 13.3. The van der Waals surface area contributed by atoms with Crippen molar-refractivity contribution in [3.05, 3.63) is 41.4 Å². The van der Waals surface area contributed by atoms with Gasteiger partial charge in [0.15, 0.2) is 5.13 Å². The molecule has 0 bridgehead atoms. The molecular weight excluding hydrogens is 324 g/mol. The van der Waals surface area contributed by atoms with Crippen LogP contribution in [0.3, 0.4) is 0 Å². The van der Waals surface area contributed by atoms with Crippen LogP contribution in [0.1, 0.15) is 18.5 Å². The molecule has 1 aliphatic heterocycles. The highest BCUT2D eigenvalue weighted by atomic mass is 32.1. The van der Waals surface area contributed by atoms with Gasteiger partial charge in [-0.3, -0.25) is 9.59 Å². The summed E-state index contributed by atoms with van der Waals surface area (Å²) in [5.41, 5.74) is 7.06. The van der Waals surface area contributed by atoms with Crippen LogP contribution >= 0.6 is 11.3 Å². The molecule has 1 aromatic heterocycles. The minimum Gasteiger partial charge on any atom is -0.369 e. The van der Waals surface area contributed by atoms with E-state index < -0.39 is 0 Å². The molecule has 6 nitrogen and oxygen atoms in total. The molecular formula is C17H20N4O2S. The molecule has 2 heterocycles. The zero-order chi connectivity index (χ0) is 16.9. The van der Waals surface area contributed by atoms with Crippen LogP contribution in [0.15, 0.2) is 35.7 Å². The largest absolute Gasteiger partial charge is 0.369 e. The van der Waals surface area contributed by atoms with E-state index in [0.717, 1.165) is 16.5 Å². The van der Waals surface area contributed by atoms with E-state index in [1.807, 2.05) is 35.7 Å². The molecule has 24 heavy (non-hydrogen) atoms. The summed E-state index contributed by atoms with van der Waals surface area (Å²) in [6.07, 6.45) is 1.59. The number of anilines is 2. The Morgan fingerprint density at radius 2 is 1.96 bits per heavy atom. The minimum atomic E-state index is -0.266. The molecule has 0 atom stereocenters. The average molecular weight is 344 g/mol. The second-order valence-electron chi connectivity index (χ2n) is 5.87. The van der Waals surface area contributed by atoms with Gasteiger partial charge in [-0.2, -0.15) is 0 Å². The molecule has 1 aromatic carbocycles. The smallest absolute Gasteiger partial charge is 0.228 e. The fourth-order valence-electron chi connectivity index (χ4n) is 2.77. The van der Waals surface area contributed by atoms with E-state index in [1.54, 1.807) is 4.90 Å². The van der Waals surface area contributed by atoms with Gasteiger partial charge in [0.2, 0.25) is 11.8 Å². The van der Waals surface area contributed by atoms with Crippen LogP contribution in [0.4, 0.5) is 10.8 Å². The van der Waals surface area contributed by atoms with Gasteiger partial charge in [-0.1, -0.05) is 18.2 Å². The lowest BCUT2D eigenvalue weighted by Gasteiger charge is -2.30. The Labute approximate surface area is 144 Å². The highest BCUT2D eigenvalue weighted by molar-refractivity contribution is 7.13. The molecule has 2 amide bonds. The van der Waals surface area contributed by atoms with E-state index >= 15 is 0 Å². The van der Waals surface area contributed by atoms with Gasteiger partial charge in [0, 0.05) is 30.1 Å². The Morgan fingerprint density at radius 1 is 1.25 bits per heavy atom. The normalized spacial score (nSPS) is 15.2. The summed E-state index contributed by atoms with van der Waals surface area (Å²) in [7, 11) is 0. The predicted octanol–water partition coefficient (Wildman–Crippen LogP) is 2.15. The standard InChI is InChI=1S/C17H20N4O2S/c18-16(23)12-6-8-21(9-7-12)15(22)10-14-11-24-17(20-14)19-13-4-2-1-3-5-13/h1-5,11-12H,6-10H2,(H2,18,23)(H,19,20). The fraction of sp³-hybridized carbons (Fsp3) is 0.353. The van der Waals surface area contributed by atoms with Crippen molar-refractivity contribution in [1.29, 1.82) is 0 Å².